The van der Waals surface area contributed by atoms with Gasteiger partial charge in [0.05, 0.1) is 15.7 Å². The van der Waals surface area contributed by atoms with E-state index in [1.165, 1.54) is 0 Å². The van der Waals surface area contributed by atoms with Crippen LogP contribution in [0.3, 0.4) is 0 Å². The molecule has 0 bridgehead atoms. The van der Waals surface area contributed by atoms with Crippen molar-refractivity contribution in [2.24, 2.45) is 0 Å². The van der Waals surface area contributed by atoms with Gasteiger partial charge < -0.3 is 15.2 Å². The number of rotatable bonds is 5. The molecule has 2 N–H and O–H groups in total. The maximum atomic E-state index is 5.98. The Bertz CT molecular complexity index is 541. The molecule has 2 aromatic carbocycles. The Morgan fingerprint density at radius 2 is 1.47 bits per heavy atom. The molecule has 0 aliphatic heterocycles. The summed E-state index contributed by atoms with van der Waals surface area (Å²) in [5.41, 5.74) is 6.35. The second-order valence-electron chi connectivity index (χ2n) is 3.79. The zero-order valence-electron chi connectivity index (χ0n) is 10.1. The van der Waals surface area contributed by atoms with E-state index in [-0.39, 0.29) is 0 Å². The molecule has 19 heavy (non-hydrogen) atoms. The summed E-state index contributed by atoms with van der Waals surface area (Å²) in [7, 11) is 0. The summed E-state index contributed by atoms with van der Waals surface area (Å²) in [5.74, 6) is 1.10. The number of para-hydroxylation sites is 3. The number of nitrogen functional groups attached to an aromatic ring is 1. The van der Waals surface area contributed by atoms with Gasteiger partial charge in [-0.25, -0.2) is 0 Å². The highest BCUT2D eigenvalue weighted by atomic mass is 35.5. The molecule has 100 valence electrons. The summed E-state index contributed by atoms with van der Waals surface area (Å²) < 4.78 is 11.0. The molecule has 0 heterocycles. The van der Waals surface area contributed by atoms with E-state index >= 15 is 0 Å². The third kappa shape index (κ3) is 3.69. The first-order valence-corrected chi connectivity index (χ1v) is 6.48. The van der Waals surface area contributed by atoms with Gasteiger partial charge in [-0.3, -0.25) is 0 Å². The van der Waals surface area contributed by atoms with Gasteiger partial charge >= 0.3 is 0 Å². The fourth-order valence-electron chi connectivity index (χ4n) is 1.53. The Balaban J connectivity index is 1.86. The van der Waals surface area contributed by atoms with Crippen LogP contribution in [0.25, 0.3) is 0 Å². The second kappa shape index (κ2) is 6.55. The van der Waals surface area contributed by atoms with Crippen LogP contribution in [0.5, 0.6) is 11.5 Å². The molecular formula is C14H13Cl2NO2. The van der Waals surface area contributed by atoms with Gasteiger partial charge in [0.15, 0.2) is 5.75 Å². The monoisotopic (exact) mass is 297 g/mol. The van der Waals surface area contributed by atoms with E-state index in [4.69, 9.17) is 38.4 Å². The molecule has 0 saturated heterocycles. The zero-order chi connectivity index (χ0) is 13.7. The Hall–Kier alpha value is -1.58. The zero-order valence-corrected chi connectivity index (χ0v) is 11.6. The standard InChI is InChI=1S/C14H13Cl2NO2/c15-10-4-3-5-11(16)14(10)19-9-8-18-13-7-2-1-6-12(13)17/h1-7H,8-9,17H2. The number of anilines is 1. The average molecular weight is 298 g/mol. The lowest BCUT2D eigenvalue weighted by Crippen LogP contribution is -2.10. The molecule has 2 rings (SSSR count). The quantitative estimate of drug-likeness (QED) is 0.669. The van der Waals surface area contributed by atoms with Gasteiger partial charge in [-0.2, -0.15) is 0 Å². The molecule has 0 fully saturated rings. The van der Waals surface area contributed by atoms with E-state index in [1.54, 1.807) is 30.3 Å². The van der Waals surface area contributed by atoms with Crippen molar-refractivity contribution in [2.75, 3.05) is 18.9 Å². The van der Waals surface area contributed by atoms with E-state index in [9.17, 15) is 0 Å². The molecule has 0 aliphatic rings. The minimum absolute atomic E-state index is 0.331. The molecule has 2 aromatic rings. The van der Waals surface area contributed by atoms with Gasteiger partial charge in [0.1, 0.15) is 19.0 Å². The average Bonchev–Trinajstić information content (AvgIpc) is 2.39. The third-order valence-electron chi connectivity index (χ3n) is 2.43. The minimum atomic E-state index is 0.331. The van der Waals surface area contributed by atoms with Gasteiger partial charge in [0.25, 0.3) is 0 Å². The van der Waals surface area contributed by atoms with Crippen LogP contribution in [-0.4, -0.2) is 13.2 Å². The van der Waals surface area contributed by atoms with Crippen molar-refractivity contribution in [3.8, 4) is 11.5 Å². The summed E-state index contributed by atoms with van der Waals surface area (Å²) in [4.78, 5) is 0. The van der Waals surface area contributed by atoms with Crippen molar-refractivity contribution in [3.63, 3.8) is 0 Å². The minimum Gasteiger partial charge on any atom is -0.488 e. The molecule has 0 saturated carbocycles. The first-order valence-electron chi connectivity index (χ1n) is 5.72. The van der Waals surface area contributed by atoms with E-state index < -0.39 is 0 Å². The van der Waals surface area contributed by atoms with Gasteiger partial charge in [0, 0.05) is 0 Å². The highest BCUT2D eigenvalue weighted by Crippen LogP contribution is 2.32. The van der Waals surface area contributed by atoms with Crippen molar-refractivity contribution in [1.82, 2.24) is 0 Å². The Morgan fingerprint density at radius 1 is 0.842 bits per heavy atom. The van der Waals surface area contributed by atoms with Crippen molar-refractivity contribution >= 4 is 28.9 Å². The summed E-state index contributed by atoms with van der Waals surface area (Å²) in [6.45, 7) is 0.688. The van der Waals surface area contributed by atoms with Crippen LogP contribution >= 0.6 is 23.2 Å². The Kier molecular flexibility index (Phi) is 4.77. The smallest absolute Gasteiger partial charge is 0.156 e. The highest BCUT2D eigenvalue weighted by molar-refractivity contribution is 6.37. The predicted octanol–water partition coefficient (Wildman–Crippen LogP) is 4.03. The lowest BCUT2D eigenvalue weighted by atomic mass is 10.3. The molecule has 0 amide bonds. The van der Waals surface area contributed by atoms with E-state index in [1.807, 2.05) is 12.1 Å². The fraction of sp³-hybridized carbons (Fsp3) is 0.143. The molecule has 0 aromatic heterocycles. The number of benzene rings is 2. The van der Waals surface area contributed by atoms with Gasteiger partial charge in [-0.1, -0.05) is 41.4 Å². The number of hydrogen-bond acceptors (Lipinski definition) is 3. The molecule has 3 nitrogen and oxygen atoms in total. The molecule has 0 aliphatic carbocycles. The number of hydrogen-bond donors (Lipinski definition) is 1. The molecule has 5 heteroatoms. The lowest BCUT2D eigenvalue weighted by molar-refractivity contribution is 0.218. The number of halogens is 2. The van der Waals surface area contributed by atoms with Crippen LogP contribution in [0, 0.1) is 0 Å². The Morgan fingerprint density at radius 3 is 2.16 bits per heavy atom. The molecule has 0 radical (unpaired) electrons. The first-order chi connectivity index (χ1) is 9.18. The highest BCUT2D eigenvalue weighted by Gasteiger charge is 2.06. The van der Waals surface area contributed by atoms with E-state index in [2.05, 4.69) is 0 Å². The van der Waals surface area contributed by atoms with Crippen LogP contribution in [-0.2, 0) is 0 Å². The lowest BCUT2D eigenvalue weighted by Gasteiger charge is -2.11. The van der Waals surface area contributed by atoms with E-state index in [0.717, 1.165) is 0 Å². The van der Waals surface area contributed by atoms with Crippen molar-refractivity contribution in [3.05, 3.63) is 52.5 Å². The third-order valence-corrected chi connectivity index (χ3v) is 3.02. The molecule has 0 atom stereocenters. The topological polar surface area (TPSA) is 44.5 Å². The predicted molar refractivity (Wildman–Crippen MR) is 78.3 cm³/mol. The van der Waals surface area contributed by atoms with E-state index in [0.29, 0.717) is 40.4 Å². The van der Waals surface area contributed by atoms with Crippen molar-refractivity contribution < 1.29 is 9.47 Å². The molecular weight excluding hydrogens is 285 g/mol. The van der Waals surface area contributed by atoms with Crippen LogP contribution in [0.15, 0.2) is 42.5 Å². The normalized spacial score (nSPS) is 10.2. The Labute approximate surface area is 121 Å². The largest absolute Gasteiger partial charge is 0.488 e. The first kappa shape index (κ1) is 13.8. The summed E-state index contributed by atoms with van der Waals surface area (Å²) in [6, 6.07) is 12.5. The maximum absolute atomic E-state index is 5.98. The summed E-state index contributed by atoms with van der Waals surface area (Å²) in [6.07, 6.45) is 0. The second-order valence-corrected chi connectivity index (χ2v) is 4.60. The van der Waals surface area contributed by atoms with Crippen molar-refractivity contribution in [2.45, 2.75) is 0 Å². The van der Waals surface area contributed by atoms with Gasteiger partial charge in [-0.05, 0) is 24.3 Å². The van der Waals surface area contributed by atoms with Crippen LogP contribution < -0.4 is 15.2 Å². The van der Waals surface area contributed by atoms with Crippen LogP contribution in [0.1, 0.15) is 0 Å². The van der Waals surface area contributed by atoms with Crippen molar-refractivity contribution in [1.29, 1.82) is 0 Å². The van der Waals surface area contributed by atoms with Crippen LogP contribution in [0.2, 0.25) is 10.0 Å². The van der Waals surface area contributed by atoms with Gasteiger partial charge in [-0.15, -0.1) is 0 Å². The number of nitrogens with two attached hydrogens (primary N) is 1. The summed E-state index contributed by atoms with van der Waals surface area (Å²) in [5, 5.41) is 0.957. The summed E-state index contributed by atoms with van der Waals surface area (Å²) >= 11 is 12.0. The SMILES string of the molecule is Nc1ccccc1OCCOc1c(Cl)cccc1Cl. The molecule has 0 unspecified atom stereocenters. The molecule has 0 spiro atoms. The van der Waals surface area contributed by atoms with Gasteiger partial charge in [0.2, 0.25) is 0 Å². The maximum Gasteiger partial charge on any atom is 0.156 e. The van der Waals surface area contributed by atoms with Crippen LogP contribution in [0.4, 0.5) is 5.69 Å². The fourth-order valence-corrected chi connectivity index (χ4v) is 2.03. The number of ether oxygens (including phenoxy) is 2.